The van der Waals surface area contributed by atoms with Gasteiger partial charge in [-0.1, -0.05) is 13.3 Å². The Kier molecular flexibility index (Phi) is 3.27. The quantitative estimate of drug-likeness (QED) is 0.704. The molecule has 0 aromatic rings. The fourth-order valence-electron chi connectivity index (χ4n) is 1.52. The van der Waals surface area contributed by atoms with E-state index in [1.54, 1.807) is 6.92 Å². The summed E-state index contributed by atoms with van der Waals surface area (Å²) in [6, 6.07) is 0. The zero-order chi connectivity index (χ0) is 9.90. The van der Waals surface area contributed by atoms with E-state index in [1.807, 2.05) is 6.92 Å². The van der Waals surface area contributed by atoms with Crippen LogP contribution in [-0.2, 0) is 9.63 Å². The maximum absolute atomic E-state index is 11.7. The Balaban J connectivity index is 2.53. The molecule has 1 amide bonds. The molecule has 0 aliphatic carbocycles. The largest absolute Gasteiger partial charge is 0.318 e. The van der Waals surface area contributed by atoms with Crippen LogP contribution in [0.2, 0.25) is 0 Å². The van der Waals surface area contributed by atoms with Crippen LogP contribution in [0.15, 0.2) is 0 Å². The van der Waals surface area contributed by atoms with E-state index >= 15 is 0 Å². The van der Waals surface area contributed by atoms with Gasteiger partial charge in [-0.25, -0.2) is 5.06 Å². The summed E-state index contributed by atoms with van der Waals surface area (Å²) >= 11 is 0. The van der Waals surface area contributed by atoms with Gasteiger partial charge >= 0.3 is 0 Å². The molecule has 1 aliphatic heterocycles. The van der Waals surface area contributed by atoms with Crippen LogP contribution >= 0.6 is 0 Å². The Morgan fingerprint density at radius 3 is 2.85 bits per heavy atom. The maximum atomic E-state index is 11.7. The van der Waals surface area contributed by atoms with Crippen LogP contribution in [-0.4, -0.2) is 29.7 Å². The number of rotatable bonds is 3. The van der Waals surface area contributed by atoms with Crippen molar-refractivity contribution in [1.29, 1.82) is 0 Å². The Bertz CT molecular complexity index is 186. The van der Waals surface area contributed by atoms with Gasteiger partial charge in [-0.3, -0.25) is 9.63 Å². The summed E-state index contributed by atoms with van der Waals surface area (Å²) in [5.74, 6) is -0.0909. The number of amides is 1. The summed E-state index contributed by atoms with van der Waals surface area (Å²) in [5.41, 5.74) is 5.11. The second-order valence-corrected chi connectivity index (χ2v) is 3.76. The van der Waals surface area contributed by atoms with E-state index in [2.05, 4.69) is 0 Å². The number of carbonyl (C=O) groups is 1. The van der Waals surface area contributed by atoms with Gasteiger partial charge in [-0.05, 0) is 19.8 Å². The molecule has 1 atom stereocenters. The summed E-state index contributed by atoms with van der Waals surface area (Å²) in [4.78, 5) is 16.9. The molecular weight excluding hydrogens is 168 g/mol. The van der Waals surface area contributed by atoms with E-state index in [4.69, 9.17) is 10.6 Å². The first-order chi connectivity index (χ1) is 6.08. The molecule has 4 heteroatoms. The molecule has 0 bridgehead atoms. The van der Waals surface area contributed by atoms with E-state index in [-0.39, 0.29) is 5.91 Å². The fourth-order valence-corrected chi connectivity index (χ4v) is 1.52. The molecular formula is C9H18N2O2. The van der Waals surface area contributed by atoms with Crippen LogP contribution in [0.5, 0.6) is 0 Å². The van der Waals surface area contributed by atoms with Gasteiger partial charge in [0, 0.05) is 0 Å². The predicted molar refractivity (Wildman–Crippen MR) is 49.8 cm³/mol. The molecule has 1 fully saturated rings. The third-order valence-corrected chi connectivity index (χ3v) is 2.24. The van der Waals surface area contributed by atoms with Gasteiger partial charge in [-0.2, -0.15) is 0 Å². The van der Waals surface area contributed by atoms with Crippen LogP contribution in [0.4, 0.5) is 0 Å². The summed E-state index contributed by atoms with van der Waals surface area (Å²) in [5, 5.41) is 1.40. The first-order valence-corrected chi connectivity index (χ1v) is 4.81. The van der Waals surface area contributed by atoms with Crippen molar-refractivity contribution in [3.05, 3.63) is 0 Å². The molecule has 4 nitrogen and oxygen atoms in total. The van der Waals surface area contributed by atoms with Crippen LogP contribution in [0.25, 0.3) is 0 Å². The topological polar surface area (TPSA) is 55.6 Å². The fraction of sp³-hybridized carbons (Fsp3) is 0.889. The lowest BCUT2D eigenvalue weighted by atomic mass is 9.96. The predicted octanol–water partition coefficient (Wildman–Crippen LogP) is 0.668. The second-order valence-electron chi connectivity index (χ2n) is 3.76. The van der Waals surface area contributed by atoms with Gasteiger partial charge in [-0.15, -0.1) is 0 Å². The molecule has 1 heterocycles. The Labute approximate surface area is 79.0 Å². The summed E-state index contributed by atoms with van der Waals surface area (Å²) in [6.07, 6.45) is 2.52. The molecule has 1 unspecified atom stereocenters. The number of nitrogens with two attached hydrogens (primary N) is 1. The molecule has 0 spiro atoms. The highest BCUT2D eigenvalue weighted by Crippen LogP contribution is 2.15. The van der Waals surface area contributed by atoms with Crippen LogP contribution < -0.4 is 5.73 Å². The first kappa shape index (κ1) is 10.5. The van der Waals surface area contributed by atoms with Crippen molar-refractivity contribution in [3.63, 3.8) is 0 Å². The lowest BCUT2D eigenvalue weighted by Gasteiger charge is -2.27. The summed E-state index contributed by atoms with van der Waals surface area (Å²) in [6.45, 7) is 5.09. The minimum Gasteiger partial charge on any atom is -0.318 e. The van der Waals surface area contributed by atoms with Gasteiger partial charge in [0.05, 0.1) is 18.7 Å². The SMILES string of the molecule is CCCC(C)(N)C(=O)N1CCCO1. The zero-order valence-electron chi connectivity index (χ0n) is 8.38. The molecule has 0 aromatic carbocycles. The van der Waals surface area contributed by atoms with E-state index in [1.165, 1.54) is 5.06 Å². The highest BCUT2D eigenvalue weighted by Gasteiger charge is 2.33. The molecule has 0 saturated carbocycles. The first-order valence-electron chi connectivity index (χ1n) is 4.81. The minimum absolute atomic E-state index is 0.0909. The second kappa shape index (κ2) is 4.07. The average molecular weight is 186 g/mol. The third kappa shape index (κ3) is 2.42. The third-order valence-electron chi connectivity index (χ3n) is 2.24. The van der Waals surface area contributed by atoms with Crippen molar-refractivity contribution >= 4 is 5.91 Å². The molecule has 2 N–H and O–H groups in total. The van der Waals surface area contributed by atoms with E-state index in [9.17, 15) is 4.79 Å². The Morgan fingerprint density at radius 2 is 2.38 bits per heavy atom. The van der Waals surface area contributed by atoms with Gasteiger partial charge in [0.15, 0.2) is 0 Å². The zero-order valence-corrected chi connectivity index (χ0v) is 8.38. The lowest BCUT2D eigenvalue weighted by Crippen LogP contribution is -2.52. The number of hydroxylamine groups is 2. The van der Waals surface area contributed by atoms with E-state index in [0.717, 1.165) is 12.8 Å². The maximum Gasteiger partial charge on any atom is 0.265 e. The van der Waals surface area contributed by atoms with Crippen molar-refractivity contribution in [2.75, 3.05) is 13.2 Å². The van der Waals surface area contributed by atoms with Crippen molar-refractivity contribution in [2.45, 2.75) is 38.6 Å². The van der Waals surface area contributed by atoms with Crippen molar-refractivity contribution in [2.24, 2.45) is 5.73 Å². The van der Waals surface area contributed by atoms with E-state index < -0.39 is 5.54 Å². The number of nitrogens with zero attached hydrogens (tertiary/aromatic N) is 1. The Hall–Kier alpha value is -0.610. The van der Waals surface area contributed by atoms with Crippen molar-refractivity contribution in [3.8, 4) is 0 Å². The Morgan fingerprint density at radius 1 is 1.69 bits per heavy atom. The van der Waals surface area contributed by atoms with Crippen LogP contribution in [0, 0.1) is 0 Å². The molecule has 0 aromatic heterocycles. The number of hydrogen-bond donors (Lipinski definition) is 1. The smallest absolute Gasteiger partial charge is 0.265 e. The highest BCUT2D eigenvalue weighted by atomic mass is 16.7. The van der Waals surface area contributed by atoms with Gasteiger partial charge in [0.1, 0.15) is 0 Å². The van der Waals surface area contributed by atoms with Crippen molar-refractivity contribution < 1.29 is 9.63 Å². The van der Waals surface area contributed by atoms with Gasteiger partial charge < -0.3 is 5.73 Å². The normalized spacial score (nSPS) is 21.6. The molecule has 1 rings (SSSR count). The number of carbonyl (C=O) groups excluding carboxylic acids is 1. The number of hydrogen-bond acceptors (Lipinski definition) is 3. The summed E-state index contributed by atoms with van der Waals surface area (Å²) < 4.78 is 0. The standard InChI is InChI=1S/C9H18N2O2/c1-3-5-9(2,10)8(12)11-6-4-7-13-11/h3-7,10H2,1-2H3. The molecule has 0 radical (unpaired) electrons. The summed E-state index contributed by atoms with van der Waals surface area (Å²) in [7, 11) is 0. The molecule has 1 saturated heterocycles. The molecule has 13 heavy (non-hydrogen) atoms. The average Bonchev–Trinajstić information content (AvgIpc) is 2.54. The highest BCUT2D eigenvalue weighted by molar-refractivity contribution is 5.84. The lowest BCUT2D eigenvalue weighted by molar-refractivity contribution is -0.174. The van der Waals surface area contributed by atoms with Crippen LogP contribution in [0.3, 0.4) is 0 Å². The van der Waals surface area contributed by atoms with Crippen LogP contribution in [0.1, 0.15) is 33.1 Å². The minimum atomic E-state index is -0.765. The van der Waals surface area contributed by atoms with Gasteiger partial charge in [0.2, 0.25) is 0 Å². The van der Waals surface area contributed by atoms with Gasteiger partial charge in [0.25, 0.3) is 5.91 Å². The van der Waals surface area contributed by atoms with Crippen molar-refractivity contribution in [1.82, 2.24) is 5.06 Å². The monoisotopic (exact) mass is 186 g/mol. The molecule has 76 valence electrons. The van der Waals surface area contributed by atoms with E-state index in [0.29, 0.717) is 19.6 Å². The molecule has 1 aliphatic rings.